The number of ether oxygens (including phenoxy) is 2. The number of carbonyl (C=O) groups excluding carboxylic acids is 1. The molecule has 0 aliphatic rings. The summed E-state index contributed by atoms with van der Waals surface area (Å²) in [4.78, 5) is 22.7. The van der Waals surface area contributed by atoms with E-state index in [1.54, 1.807) is 0 Å². The smallest absolute Gasteiger partial charge is 0.387 e. The van der Waals surface area contributed by atoms with Crippen molar-refractivity contribution in [3.8, 4) is 11.5 Å². The van der Waals surface area contributed by atoms with E-state index in [2.05, 4.69) is 4.74 Å². The molecule has 0 bridgehead atoms. The van der Waals surface area contributed by atoms with Gasteiger partial charge in [0.2, 0.25) is 6.43 Å². The third-order valence-corrected chi connectivity index (χ3v) is 2.66. The Morgan fingerprint density at radius 1 is 1.22 bits per heavy atom. The van der Waals surface area contributed by atoms with Crippen molar-refractivity contribution < 1.29 is 41.7 Å². The summed E-state index contributed by atoms with van der Waals surface area (Å²) in [5, 5.41) is 10.7. The number of methoxy groups -OCH3 is 1. The average molecular weight is 339 g/mol. The highest BCUT2D eigenvalue weighted by atomic mass is 19.3. The summed E-state index contributed by atoms with van der Waals surface area (Å²) in [7, 11) is 1.15. The lowest BCUT2D eigenvalue weighted by Crippen LogP contribution is -2.42. The van der Waals surface area contributed by atoms with E-state index in [4.69, 9.17) is 9.84 Å². The summed E-state index contributed by atoms with van der Waals surface area (Å²) in [6.45, 7) is -3.11. The Balaban J connectivity index is 2.92. The van der Waals surface area contributed by atoms with E-state index in [1.165, 1.54) is 0 Å². The van der Waals surface area contributed by atoms with Crippen molar-refractivity contribution in [3.05, 3.63) is 23.8 Å². The number of nitrogens with one attached hydrogen (secondary N) is 1. The van der Waals surface area contributed by atoms with Crippen molar-refractivity contribution in [1.29, 1.82) is 0 Å². The van der Waals surface area contributed by atoms with E-state index in [0.29, 0.717) is 0 Å². The highest BCUT2D eigenvalue weighted by molar-refractivity contribution is 5.97. The molecule has 0 aromatic heterocycles. The van der Waals surface area contributed by atoms with Crippen LogP contribution in [-0.4, -0.2) is 43.2 Å². The summed E-state index contributed by atoms with van der Waals surface area (Å²) in [6.07, 6.45) is -3.99. The molecule has 1 amide bonds. The normalized spacial score (nSPS) is 12.1. The molecule has 1 aromatic carbocycles. The molecular formula is C13H13F4NO5. The maximum Gasteiger partial charge on any atom is 0.387 e. The third kappa shape index (κ3) is 5.64. The van der Waals surface area contributed by atoms with Crippen LogP contribution >= 0.6 is 0 Å². The molecule has 0 aliphatic carbocycles. The van der Waals surface area contributed by atoms with E-state index < -0.39 is 37.4 Å². The number of alkyl halides is 4. The first-order chi connectivity index (χ1) is 10.7. The lowest BCUT2D eigenvalue weighted by molar-refractivity contribution is -0.140. The van der Waals surface area contributed by atoms with Gasteiger partial charge in [-0.25, -0.2) is 13.6 Å². The van der Waals surface area contributed by atoms with Gasteiger partial charge in [0.15, 0.2) is 11.5 Å². The van der Waals surface area contributed by atoms with Gasteiger partial charge >= 0.3 is 12.6 Å². The van der Waals surface area contributed by atoms with Crippen molar-refractivity contribution in [1.82, 2.24) is 5.32 Å². The first-order valence-corrected chi connectivity index (χ1v) is 6.19. The number of aliphatic carboxylic acids is 1. The number of amides is 1. The number of carbonyl (C=O) groups is 2. The maximum atomic E-state index is 12.3. The van der Waals surface area contributed by atoms with Crippen LogP contribution in [-0.2, 0) is 4.79 Å². The highest BCUT2D eigenvalue weighted by Gasteiger charge is 2.25. The van der Waals surface area contributed by atoms with Gasteiger partial charge in [0.25, 0.3) is 5.91 Å². The zero-order valence-electron chi connectivity index (χ0n) is 11.8. The van der Waals surface area contributed by atoms with Crippen molar-refractivity contribution in [2.75, 3.05) is 7.11 Å². The molecule has 6 nitrogen and oxygen atoms in total. The van der Waals surface area contributed by atoms with Crippen molar-refractivity contribution in [2.45, 2.75) is 25.5 Å². The first-order valence-electron chi connectivity index (χ1n) is 6.19. The predicted octanol–water partition coefficient (Wildman–Crippen LogP) is 2.13. The number of hydrogen-bond donors (Lipinski definition) is 2. The third-order valence-electron chi connectivity index (χ3n) is 2.66. The second-order valence-corrected chi connectivity index (χ2v) is 4.24. The number of carboxylic acids is 1. The summed E-state index contributed by atoms with van der Waals surface area (Å²) in [6, 6.07) is 1.32. The first kappa shape index (κ1) is 18.5. The number of hydrogen-bond acceptors (Lipinski definition) is 4. The Morgan fingerprint density at radius 3 is 2.35 bits per heavy atom. The number of halogens is 4. The molecule has 0 fully saturated rings. The molecule has 0 saturated heterocycles. The SMILES string of the molecule is COc1cc(C(=O)NC(CC(F)F)C(=O)O)ccc1OC(F)F. The molecule has 1 rings (SSSR count). The van der Waals surface area contributed by atoms with Gasteiger partial charge in [-0.1, -0.05) is 0 Å². The Hall–Kier alpha value is -2.52. The molecule has 2 N–H and O–H groups in total. The molecule has 0 saturated carbocycles. The Bertz CT molecular complexity index is 567. The van der Waals surface area contributed by atoms with Crippen LogP contribution in [0.1, 0.15) is 16.8 Å². The minimum Gasteiger partial charge on any atom is -0.493 e. The topological polar surface area (TPSA) is 84.9 Å². The fraction of sp³-hybridized carbons (Fsp3) is 0.385. The van der Waals surface area contributed by atoms with E-state index in [-0.39, 0.29) is 17.1 Å². The van der Waals surface area contributed by atoms with Gasteiger partial charge in [0.05, 0.1) is 7.11 Å². The van der Waals surface area contributed by atoms with E-state index in [1.807, 2.05) is 5.32 Å². The van der Waals surface area contributed by atoms with E-state index in [9.17, 15) is 27.2 Å². The Morgan fingerprint density at radius 2 is 1.87 bits per heavy atom. The van der Waals surface area contributed by atoms with Crippen LogP contribution in [0.4, 0.5) is 17.6 Å². The summed E-state index contributed by atoms with van der Waals surface area (Å²) in [5.41, 5.74) is -0.163. The molecule has 128 valence electrons. The van der Waals surface area contributed by atoms with Gasteiger partial charge < -0.3 is 19.9 Å². The van der Waals surface area contributed by atoms with Gasteiger partial charge in [0, 0.05) is 12.0 Å². The Labute approximate surface area is 128 Å². The lowest BCUT2D eigenvalue weighted by atomic mass is 10.1. The van der Waals surface area contributed by atoms with Crippen molar-refractivity contribution in [2.24, 2.45) is 0 Å². The molecular weight excluding hydrogens is 326 g/mol. The minimum atomic E-state index is -3.11. The van der Waals surface area contributed by atoms with E-state index >= 15 is 0 Å². The molecule has 1 atom stereocenters. The number of benzene rings is 1. The minimum absolute atomic E-state index is 0.163. The zero-order valence-corrected chi connectivity index (χ0v) is 11.8. The van der Waals surface area contributed by atoms with Crippen molar-refractivity contribution in [3.63, 3.8) is 0 Å². The quantitative estimate of drug-likeness (QED) is 0.709. The summed E-state index contributed by atoms with van der Waals surface area (Å²) in [5.74, 6) is -3.12. The van der Waals surface area contributed by atoms with Crippen LogP contribution in [0, 0.1) is 0 Å². The van der Waals surface area contributed by atoms with Gasteiger partial charge in [-0.2, -0.15) is 8.78 Å². The second-order valence-electron chi connectivity index (χ2n) is 4.24. The van der Waals surface area contributed by atoms with Crippen LogP contribution in [0.25, 0.3) is 0 Å². The zero-order chi connectivity index (χ0) is 17.6. The predicted molar refractivity (Wildman–Crippen MR) is 69.1 cm³/mol. The number of rotatable bonds is 8. The maximum absolute atomic E-state index is 12.3. The molecule has 1 unspecified atom stereocenters. The van der Waals surface area contributed by atoms with Crippen LogP contribution in [0.3, 0.4) is 0 Å². The average Bonchev–Trinajstić information content (AvgIpc) is 2.45. The molecule has 23 heavy (non-hydrogen) atoms. The van der Waals surface area contributed by atoms with Crippen LogP contribution in [0.5, 0.6) is 11.5 Å². The largest absolute Gasteiger partial charge is 0.493 e. The molecule has 0 spiro atoms. The van der Waals surface area contributed by atoms with Crippen molar-refractivity contribution >= 4 is 11.9 Å². The van der Waals surface area contributed by atoms with E-state index in [0.717, 1.165) is 25.3 Å². The molecule has 0 heterocycles. The monoisotopic (exact) mass is 339 g/mol. The molecule has 0 aliphatic heterocycles. The van der Waals surface area contributed by atoms with Crippen LogP contribution in [0.2, 0.25) is 0 Å². The van der Waals surface area contributed by atoms with Gasteiger partial charge in [-0.3, -0.25) is 4.79 Å². The summed E-state index contributed by atoms with van der Waals surface area (Å²) >= 11 is 0. The van der Waals surface area contributed by atoms with Crippen LogP contribution in [0.15, 0.2) is 18.2 Å². The molecule has 0 radical (unpaired) electrons. The molecule has 10 heteroatoms. The fourth-order valence-electron chi connectivity index (χ4n) is 1.64. The standard InChI is InChI=1S/C13H13F4NO5/c1-22-9-4-6(2-3-8(9)23-13(16)17)11(19)18-7(12(20)21)5-10(14)15/h2-4,7,10,13H,5H2,1H3,(H,18,19)(H,20,21). The summed E-state index contributed by atoms with van der Waals surface area (Å²) < 4.78 is 57.8. The van der Waals surface area contributed by atoms with Crippen LogP contribution < -0.4 is 14.8 Å². The fourth-order valence-corrected chi connectivity index (χ4v) is 1.64. The van der Waals surface area contributed by atoms with Gasteiger partial charge in [-0.15, -0.1) is 0 Å². The second kappa shape index (κ2) is 8.20. The van der Waals surface area contributed by atoms with Gasteiger partial charge in [0.1, 0.15) is 6.04 Å². The van der Waals surface area contributed by atoms with Gasteiger partial charge in [-0.05, 0) is 18.2 Å². The Kier molecular flexibility index (Phi) is 6.61. The highest BCUT2D eigenvalue weighted by Crippen LogP contribution is 2.29. The number of carboxylic acid groups (broad SMARTS) is 1. The lowest BCUT2D eigenvalue weighted by Gasteiger charge is -2.15. The molecule has 1 aromatic rings.